The van der Waals surface area contributed by atoms with Gasteiger partial charge in [0.25, 0.3) is 0 Å². The van der Waals surface area contributed by atoms with E-state index < -0.39 is 10.0 Å². The topological polar surface area (TPSA) is 57.7 Å². The van der Waals surface area contributed by atoms with Crippen molar-refractivity contribution < 1.29 is 13.2 Å². The first kappa shape index (κ1) is 18.0. The predicted molar refractivity (Wildman–Crippen MR) is 93.8 cm³/mol. The molecule has 24 heavy (non-hydrogen) atoms. The molecule has 0 N–H and O–H groups in total. The molecular weight excluding hydrogens is 371 g/mol. The number of halogens is 2. The van der Waals surface area contributed by atoms with Crippen LogP contribution < -0.4 is 0 Å². The van der Waals surface area contributed by atoms with Crippen LogP contribution >= 0.6 is 23.2 Å². The van der Waals surface area contributed by atoms with Crippen LogP contribution in [0, 0.1) is 5.92 Å². The molecular formula is C16H20Cl2N2O3S. The lowest BCUT2D eigenvalue weighted by molar-refractivity contribution is -0.136. The number of rotatable bonds is 3. The van der Waals surface area contributed by atoms with E-state index in [1.165, 1.54) is 22.5 Å². The van der Waals surface area contributed by atoms with Crippen molar-refractivity contribution in [3.8, 4) is 0 Å². The molecule has 1 aliphatic carbocycles. The maximum atomic E-state index is 12.7. The quantitative estimate of drug-likeness (QED) is 0.796. The number of carbonyl (C=O) groups excluding carboxylic acids is 1. The Hall–Kier alpha value is -0.820. The Morgan fingerprint density at radius 1 is 0.958 bits per heavy atom. The molecule has 132 valence electrons. The van der Waals surface area contributed by atoms with Crippen LogP contribution in [0.1, 0.15) is 25.7 Å². The second kappa shape index (κ2) is 7.20. The fourth-order valence-corrected chi connectivity index (χ4v) is 5.56. The van der Waals surface area contributed by atoms with Crippen molar-refractivity contribution in [2.24, 2.45) is 5.92 Å². The largest absolute Gasteiger partial charge is 0.340 e. The number of sulfonamides is 1. The van der Waals surface area contributed by atoms with Crippen molar-refractivity contribution in [3.05, 3.63) is 28.2 Å². The fraction of sp³-hybridized carbons (Fsp3) is 0.562. The third kappa shape index (κ3) is 3.72. The van der Waals surface area contributed by atoms with Gasteiger partial charge in [0, 0.05) is 42.1 Å². The Morgan fingerprint density at radius 2 is 1.50 bits per heavy atom. The SMILES string of the molecule is O=C(C1CCCC1)N1CCN(S(=O)(=O)c2cc(Cl)cc(Cl)c2)CC1. The van der Waals surface area contributed by atoms with Crippen molar-refractivity contribution in [2.75, 3.05) is 26.2 Å². The molecule has 0 unspecified atom stereocenters. The highest BCUT2D eigenvalue weighted by molar-refractivity contribution is 7.89. The molecule has 1 saturated carbocycles. The highest BCUT2D eigenvalue weighted by Gasteiger charge is 2.33. The standard InChI is InChI=1S/C16H20Cl2N2O3S/c17-13-9-14(18)11-15(10-13)24(22,23)20-7-5-19(6-8-20)16(21)12-3-1-2-4-12/h9-12H,1-8H2. The molecule has 0 radical (unpaired) electrons. The average Bonchev–Trinajstić information content (AvgIpc) is 3.08. The van der Waals surface area contributed by atoms with Crippen molar-refractivity contribution in [3.63, 3.8) is 0 Å². The molecule has 1 aromatic carbocycles. The summed E-state index contributed by atoms with van der Waals surface area (Å²) in [4.78, 5) is 14.3. The zero-order valence-corrected chi connectivity index (χ0v) is 15.6. The van der Waals surface area contributed by atoms with E-state index in [1.807, 2.05) is 0 Å². The summed E-state index contributed by atoms with van der Waals surface area (Å²) in [7, 11) is -3.65. The summed E-state index contributed by atoms with van der Waals surface area (Å²) in [5.74, 6) is 0.301. The Balaban J connectivity index is 1.68. The van der Waals surface area contributed by atoms with Gasteiger partial charge < -0.3 is 4.90 Å². The molecule has 0 bridgehead atoms. The van der Waals surface area contributed by atoms with E-state index in [0.29, 0.717) is 26.2 Å². The number of hydrogen-bond acceptors (Lipinski definition) is 3. The molecule has 1 amide bonds. The number of carbonyl (C=O) groups is 1. The van der Waals surface area contributed by atoms with Crippen molar-refractivity contribution in [1.29, 1.82) is 0 Å². The van der Waals surface area contributed by atoms with E-state index in [9.17, 15) is 13.2 Å². The molecule has 5 nitrogen and oxygen atoms in total. The maximum Gasteiger partial charge on any atom is 0.243 e. The van der Waals surface area contributed by atoms with Crippen molar-refractivity contribution >= 4 is 39.1 Å². The number of amides is 1. The van der Waals surface area contributed by atoms with Crippen molar-refractivity contribution in [1.82, 2.24) is 9.21 Å². The van der Waals surface area contributed by atoms with E-state index in [4.69, 9.17) is 23.2 Å². The lowest BCUT2D eigenvalue weighted by Gasteiger charge is -2.35. The Labute approximate surface area is 152 Å². The van der Waals surface area contributed by atoms with Gasteiger partial charge in [-0.15, -0.1) is 0 Å². The molecule has 1 heterocycles. The summed E-state index contributed by atoms with van der Waals surface area (Å²) in [5, 5.41) is 0.576. The molecule has 1 aliphatic heterocycles. The van der Waals surface area contributed by atoms with E-state index >= 15 is 0 Å². The lowest BCUT2D eigenvalue weighted by atomic mass is 10.1. The second-order valence-electron chi connectivity index (χ2n) is 6.32. The smallest absolute Gasteiger partial charge is 0.243 e. The summed E-state index contributed by atoms with van der Waals surface area (Å²) in [6.45, 7) is 1.46. The van der Waals surface area contributed by atoms with E-state index in [-0.39, 0.29) is 26.8 Å². The lowest BCUT2D eigenvalue weighted by Crippen LogP contribution is -2.51. The third-order valence-electron chi connectivity index (χ3n) is 4.73. The number of benzene rings is 1. The summed E-state index contributed by atoms with van der Waals surface area (Å²) in [5.41, 5.74) is 0. The van der Waals surface area contributed by atoms with Crippen LogP contribution in [0.3, 0.4) is 0 Å². The zero-order chi connectivity index (χ0) is 17.3. The van der Waals surface area contributed by atoms with Gasteiger partial charge in [0.2, 0.25) is 15.9 Å². The van der Waals surface area contributed by atoms with Crippen LogP contribution in [0.4, 0.5) is 0 Å². The Kier molecular flexibility index (Phi) is 5.39. The van der Waals surface area contributed by atoms with Crippen LogP contribution in [0.25, 0.3) is 0 Å². The monoisotopic (exact) mass is 390 g/mol. The first-order valence-electron chi connectivity index (χ1n) is 8.13. The Morgan fingerprint density at radius 3 is 2.04 bits per heavy atom. The van der Waals surface area contributed by atoms with Gasteiger partial charge in [0.05, 0.1) is 4.90 Å². The van der Waals surface area contributed by atoms with E-state index in [2.05, 4.69) is 0 Å². The summed E-state index contributed by atoms with van der Waals surface area (Å²) in [6.07, 6.45) is 4.14. The highest BCUT2D eigenvalue weighted by Crippen LogP contribution is 2.28. The molecule has 1 aromatic rings. The van der Waals surface area contributed by atoms with Crippen LogP contribution in [0.5, 0.6) is 0 Å². The van der Waals surface area contributed by atoms with Crippen LogP contribution in [-0.2, 0) is 14.8 Å². The zero-order valence-electron chi connectivity index (χ0n) is 13.2. The van der Waals surface area contributed by atoms with Gasteiger partial charge in [0.1, 0.15) is 0 Å². The van der Waals surface area contributed by atoms with Gasteiger partial charge in [-0.25, -0.2) is 8.42 Å². The van der Waals surface area contributed by atoms with Crippen molar-refractivity contribution in [2.45, 2.75) is 30.6 Å². The molecule has 0 spiro atoms. The molecule has 8 heteroatoms. The van der Waals surface area contributed by atoms with Gasteiger partial charge in [-0.1, -0.05) is 36.0 Å². The van der Waals surface area contributed by atoms with Gasteiger partial charge in [0.15, 0.2) is 0 Å². The van der Waals surface area contributed by atoms with Gasteiger partial charge in [-0.05, 0) is 31.0 Å². The molecule has 0 atom stereocenters. The van der Waals surface area contributed by atoms with Crippen LogP contribution in [0.2, 0.25) is 10.0 Å². The first-order valence-corrected chi connectivity index (χ1v) is 10.3. The molecule has 1 saturated heterocycles. The minimum atomic E-state index is -3.65. The first-order chi connectivity index (χ1) is 11.4. The molecule has 0 aromatic heterocycles. The summed E-state index contributed by atoms with van der Waals surface area (Å²) in [6, 6.07) is 4.30. The highest BCUT2D eigenvalue weighted by atomic mass is 35.5. The maximum absolute atomic E-state index is 12.7. The normalized spacial score (nSPS) is 20.5. The van der Waals surface area contributed by atoms with E-state index in [1.54, 1.807) is 4.90 Å². The summed E-state index contributed by atoms with van der Waals surface area (Å²) < 4.78 is 26.9. The second-order valence-corrected chi connectivity index (χ2v) is 9.13. The number of nitrogens with zero attached hydrogens (tertiary/aromatic N) is 2. The molecule has 3 rings (SSSR count). The van der Waals surface area contributed by atoms with Crippen LogP contribution in [-0.4, -0.2) is 49.7 Å². The molecule has 2 fully saturated rings. The number of hydrogen-bond donors (Lipinski definition) is 0. The van der Waals surface area contributed by atoms with E-state index in [0.717, 1.165) is 25.7 Å². The van der Waals surface area contributed by atoms with Gasteiger partial charge in [-0.2, -0.15) is 4.31 Å². The minimum absolute atomic E-state index is 0.0931. The third-order valence-corrected chi connectivity index (χ3v) is 7.04. The van der Waals surface area contributed by atoms with Crippen LogP contribution in [0.15, 0.2) is 23.1 Å². The van der Waals surface area contributed by atoms with Gasteiger partial charge >= 0.3 is 0 Å². The number of piperazine rings is 1. The summed E-state index contributed by atoms with van der Waals surface area (Å²) >= 11 is 11.8. The van der Waals surface area contributed by atoms with Gasteiger partial charge in [-0.3, -0.25) is 4.79 Å². The fourth-order valence-electron chi connectivity index (χ4n) is 3.41. The molecule has 2 aliphatic rings. The average molecular weight is 391 g/mol. The minimum Gasteiger partial charge on any atom is -0.340 e. The Bertz CT molecular complexity index is 705. The predicted octanol–water partition coefficient (Wildman–Crippen LogP) is 3.02.